The van der Waals surface area contributed by atoms with Crippen LogP contribution in [0.15, 0.2) is 58.4 Å². The minimum absolute atomic E-state index is 0.0463. The third-order valence-electron chi connectivity index (χ3n) is 4.09. The summed E-state index contributed by atoms with van der Waals surface area (Å²) in [5.41, 5.74) is 1.51. The molecule has 1 aliphatic heterocycles. The number of benzene rings is 2. The van der Waals surface area contributed by atoms with Crippen molar-refractivity contribution < 1.29 is 19.2 Å². The molecule has 2 aromatic rings. The van der Waals surface area contributed by atoms with E-state index in [-0.39, 0.29) is 17.6 Å². The molecule has 8 nitrogen and oxygen atoms in total. The van der Waals surface area contributed by atoms with Gasteiger partial charge in [0.1, 0.15) is 0 Å². The summed E-state index contributed by atoms with van der Waals surface area (Å²) in [5, 5.41) is 13.9. The molecular formula is C21H19N3O5S. The molecule has 2 aromatic carbocycles. The fourth-order valence-electron chi connectivity index (χ4n) is 2.54. The molecule has 0 bridgehead atoms. The van der Waals surface area contributed by atoms with Crippen molar-refractivity contribution in [2.75, 3.05) is 6.61 Å². The second-order valence-corrected chi connectivity index (χ2v) is 7.40. The molecule has 0 radical (unpaired) electrons. The number of rotatable bonds is 7. The van der Waals surface area contributed by atoms with Crippen molar-refractivity contribution in [2.45, 2.75) is 19.8 Å². The van der Waals surface area contributed by atoms with E-state index in [2.05, 4.69) is 10.3 Å². The van der Waals surface area contributed by atoms with E-state index < -0.39 is 4.92 Å². The first kappa shape index (κ1) is 21.3. The highest BCUT2D eigenvalue weighted by atomic mass is 32.2. The Hall–Kier alpha value is -3.46. The lowest BCUT2D eigenvalue weighted by Crippen LogP contribution is -2.19. The average Bonchev–Trinajstić information content (AvgIpc) is 3.07. The maximum Gasteiger partial charge on any atom is 0.338 e. The standard InChI is InChI=1S/C21H19N3O5S/c1-2-3-11-29-20(26)15-7-9-16(10-8-15)22-21-23-19(25)18(30-21)13-14-5-4-6-17(12-14)24(27)28/h4-10,12-13H,2-3,11H2,1H3,(H,22,23,25)/b18-13-. The third kappa shape index (κ3) is 5.54. The van der Waals surface area contributed by atoms with Crippen LogP contribution in [0.25, 0.3) is 6.08 Å². The van der Waals surface area contributed by atoms with Gasteiger partial charge in [0.05, 0.1) is 27.7 Å². The Labute approximate surface area is 177 Å². The maximum absolute atomic E-state index is 12.2. The van der Waals surface area contributed by atoms with Gasteiger partial charge in [0.25, 0.3) is 11.6 Å². The zero-order valence-corrected chi connectivity index (χ0v) is 17.0. The SMILES string of the molecule is CCCCOC(=O)c1ccc(N=C2NC(=O)/C(=C/c3cccc([N+](=O)[O-])c3)S2)cc1. The molecule has 0 aliphatic carbocycles. The second kappa shape index (κ2) is 9.84. The van der Waals surface area contributed by atoms with Crippen LogP contribution in [0.1, 0.15) is 35.7 Å². The van der Waals surface area contributed by atoms with Gasteiger partial charge < -0.3 is 10.1 Å². The Balaban J connectivity index is 1.69. The number of non-ortho nitro benzene ring substituents is 1. The first-order chi connectivity index (χ1) is 14.5. The summed E-state index contributed by atoms with van der Waals surface area (Å²) in [4.78, 5) is 39.3. The van der Waals surface area contributed by atoms with Gasteiger partial charge in [-0.1, -0.05) is 25.5 Å². The lowest BCUT2D eigenvalue weighted by molar-refractivity contribution is -0.384. The third-order valence-corrected chi connectivity index (χ3v) is 5.00. The predicted octanol–water partition coefficient (Wildman–Crippen LogP) is 4.44. The van der Waals surface area contributed by atoms with Gasteiger partial charge in [-0.15, -0.1) is 0 Å². The normalized spacial score (nSPS) is 16.0. The largest absolute Gasteiger partial charge is 0.462 e. The van der Waals surface area contributed by atoms with Crippen molar-refractivity contribution in [3.05, 3.63) is 74.7 Å². The van der Waals surface area contributed by atoms with Crippen molar-refractivity contribution >= 4 is 46.3 Å². The monoisotopic (exact) mass is 425 g/mol. The van der Waals surface area contributed by atoms with Gasteiger partial charge in [-0.3, -0.25) is 14.9 Å². The molecule has 0 saturated carbocycles. The summed E-state index contributed by atoms with van der Waals surface area (Å²) in [6.07, 6.45) is 3.34. The predicted molar refractivity (Wildman–Crippen MR) is 116 cm³/mol. The van der Waals surface area contributed by atoms with Crippen molar-refractivity contribution in [1.82, 2.24) is 5.32 Å². The number of nitro benzene ring substituents is 1. The van der Waals surface area contributed by atoms with Crippen molar-refractivity contribution in [2.24, 2.45) is 4.99 Å². The van der Waals surface area contributed by atoms with Crippen molar-refractivity contribution in [3.63, 3.8) is 0 Å². The van der Waals surface area contributed by atoms with Gasteiger partial charge in [0.2, 0.25) is 0 Å². The van der Waals surface area contributed by atoms with E-state index >= 15 is 0 Å². The van der Waals surface area contributed by atoms with Gasteiger partial charge in [0, 0.05) is 12.1 Å². The maximum atomic E-state index is 12.2. The highest BCUT2D eigenvalue weighted by molar-refractivity contribution is 8.18. The molecule has 0 aromatic heterocycles. The van der Waals surface area contributed by atoms with Crippen LogP contribution in [0.5, 0.6) is 0 Å². The lowest BCUT2D eigenvalue weighted by atomic mass is 10.2. The van der Waals surface area contributed by atoms with E-state index in [4.69, 9.17) is 4.74 Å². The van der Waals surface area contributed by atoms with Crippen LogP contribution in [0.4, 0.5) is 11.4 Å². The zero-order chi connectivity index (χ0) is 21.5. The number of nitrogens with zero attached hydrogens (tertiary/aromatic N) is 2. The summed E-state index contributed by atoms with van der Waals surface area (Å²) in [5.74, 6) is -0.713. The van der Waals surface area contributed by atoms with E-state index in [1.165, 1.54) is 12.1 Å². The van der Waals surface area contributed by atoms with E-state index in [9.17, 15) is 19.7 Å². The first-order valence-electron chi connectivity index (χ1n) is 9.27. The van der Waals surface area contributed by atoms with Gasteiger partial charge in [-0.2, -0.15) is 0 Å². The van der Waals surface area contributed by atoms with Crippen molar-refractivity contribution in [1.29, 1.82) is 0 Å². The molecule has 1 aliphatic rings. The van der Waals surface area contributed by atoms with Crippen LogP contribution in [-0.4, -0.2) is 28.6 Å². The number of hydrogen-bond donors (Lipinski definition) is 1. The number of unbranched alkanes of at least 4 members (excludes halogenated alkanes) is 1. The lowest BCUT2D eigenvalue weighted by Gasteiger charge is -2.04. The molecule has 154 valence electrons. The highest BCUT2D eigenvalue weighted by Gasteiger charge is 2.24. The van der Waals surface area contributed by atoms with Crippen LogP contribution < -0.4 is 5.32 Å². The van der Waals surface area contributed by atoms with Gasteiger partial charge in [-0.05, 0) is 54.1 Å². The molecular weight excluding hydrogens is 406 g/mol. The summed E-state index contributed by atoms with van der Waals surface area (Å²) >= 11 is 1.14. The Bertz CT molecular complexity index is 1030. The molecule has 30 heavy (non-hydrogen) atoms. The molecule has 1 fully saturated rings. The fourth-order valence-corrected chi connectivity index (χ4v) is 3.38. The summed E-state index contributed by atoms with van der Waals surface area (Å²) in [6, 6.07) is 12.6. The number of nitrogens with one attached hydrogen (secondary N) is 1. The van der Waals surface area contributed by atoms with E-state index in [1.807, 2.05) is 6.92 Å². The highest BCUT2D eigenvalue weighted by Crippen LogP contribution is 2.28. The van der Waals surface area contributed by atoms with Gasteiger partial charge >= 0.3 is 5.97 Å². The fraction of sp³-hybridized carbons (Fsp3) is 0.190. The molecule has 1 N–H and O–H groups in total. The quantitative estimate of drug-likeness (QED) is 0.231. The Kier molecular flexibility index (Phi) is 6.97. The number of thioether (sulfide) groups is 1. The van der Waals surface area contributed by atoms with Crippen LogP contribution in [0.3, 0.4) is 0 Å². The number of nitro groups is 1. The number of amides is 1. The number of aliphatic imine (C=N–C) groups is 1. The minimum Gasteiger partial charge on any atom is -0.462 e. The van der Waals surface area contributed by atoms with Crippen LogP contribution in [0.2, 0.25) is 0 Å². The number of esters is 1. The van der Waals surface area contributed by atoms with Gasteiger partial charge in [0.15, 0.2) is 5.17 Å². The minimum atomic E-state index is -0.486. The van der Waals surface area contributed by atoms with E-state index in [0.717, 1.165) is 24.6 Å². The van der Waals surface area contributed by atoms with Crippen LogP contribution in [0, 0.1) is 10.1 Å². The summed E-state index contributed by atoms with van der Waals surface area (Å²) in [7, 11) is 0. The molecule has 0 spiro atoms. The zero-order valence-electron chi connectivity index (χ0n) is 16.2. The number of ether oxygens (including phenoxy) is 1. The summed E-state index contributed by atoms with van der Waals surface area (Å²) in [6.45, 7) is 2.41. The van der Waals surface area contributed by atoms with Crippen LogP contribution in [-0.2, 0) is 9.53 Å². The molecule has 0 unspecified atom stereocenters. The topological polar surface area (TPSA) is 111 Å². The Morgan fingerprint density at radius 1 is 1.27 bits per heavy atom. The summed E-state index contributed by atoms with van der Waals surface area (Å²) < 4.78 is 5.16. The number of hydrogen-bond acceptors (Lipinski definition) is 7. The second-order valence-electron chi connectivity index (χ2n) is 6.37. The van der Waals surface area contributed by atoms with E-state index in [1.54, 1.807) is 42.5 Å². The Morgan fingerprint density at radius 3 is 2.73 bits per heavy atom. The van der Waals surface area contributed by atoms with Crippen LogP contribution >= 0.6 is 11.8 Å². The molecule has 1 heterocycles. The number of carbonyl (C=O) groups excluding carboxylic acids is 2. The molecule has 1 amide bonds. The average molecular weight is 425 g/mol. The van der Waals surface area contributed by atoms with E-state index in [0.29, 0.717) is 33.5 Å². The number of amidine groups is 1. The first-order valence-corrected chi connectivity index (χ1v) is 10.1. The van der Waals surface area contributed by atoms with Gasteiger partial charge in [-0.25, -0.2) is 9.79 Å². The smallest absolute Gasteiger partial charge is 0.338 e. The molecule has 3 rings (SSSR count). The van der Waals surface area contributed by atoms with Crippen molar-refractivity contribution in [3.8, 4) is 0 Å². The Morgan fingerprint density at radius 2 is 2.03 bits per heavy atom. The molecule has 0 atom stereocenters. The molecule has 1 saturated heterocycles. The molecule has 9 heteroatoms. The number of carbonyl (C=O) groups is 2.